The fourth-order valence-corrected chi connectivity index (χ4v) is 3.70. The van der Waals surface area contributed by atoms with Gasteiger partial charge in [-0.2, -0.15) is 13.2 Å². The highest BCUT2D eigenvalue weighted by Crippen LogP contribution is 2.37. The Morgan fingerprint density at radius 3 is 2.58 bits per heavy atom. The number of hydrogen-bond donors (Lipinski definition) is 0. The number of carbonyl (C=O) groups is 1. The first-order chi connectivity index (χ1) is 11.1. The zero-order valence-electron chi connectivity index (χ0n) is 14.0. The average molecular weight is 361 g/mol. The number of halogens is 3. The van der Waals surface area contributed by atoms with E-state index in [9.17, 15) is 18.0 Å². The van der Waals surface area contributed by atoms with Gasteiger partial charge < -0.3 is 9.64 Å². The van der Waals surface area contributed by atoms with Crippen molar-refractivity contribution in [3.63, 3.8) is 0 Å². The van der Waals surface area contributed by atoms with E-state index in [1.165, 1.54) is 23.9 Å². The van der Waals surface area contributed by atoms with E-state index in [0.29, 0.717) is 18.8 Å². The molecule has 1 saturated heterocycles. The van der Waals surface area contributed by atoms with Crippen LogP contribution in [0.5, 0.6) is 0 Å². The molecule has 0 saturated carbocycles. The summed E-state index contributed by atoms with van der Waals surface area (Å²) < 4.78 is 44.3. The van der Waals surface area contributed by atoms with Gasteiger partial charge in [0.05, 0.1) is 5.56 Å². The number of likely N-dealkylation sites (tertiary alicyclic amines) is 1. The number of amides is 1. The number of benzene rings is 1. The second-order valence-corrected chi connectivity index (χ2v) is 7.95. The summed E-state index contributed by atoms with van der Waals surface area (Å²) in [6, 6.07) is 5.60. The molecule has 134 valence electrons. The second-order valence-electron chi connectivity index (χ2n) is 6.89. The number of thioether (sulfide) groups is 1. The third kappa shape index (κ3) is 5.33. The fraction of sp³-hybridized carbons (Fsp3) is 0.588. The molecule has 7 heteroatoms. The van der Waals surface area contributed by atoms with Gasteiger partial charge in [0.2, 0.25) is 0 Å². The van der Waals surface area contributed by atoms with Crippen molar-refractivity contribution in [3.8, 4) is 0 Å². The highest BCUT2D eigenvalue weighted by Gasteiger charge is 2.34. The molecule has 1 aromatic rings. The summed E-state index contributed by atoms with van der Waals surface area (Å²) in [7, 11) is 0. The summed E-state index contributed by atoms with van der Waals surface area (Å²) >= 11 is 1.20. The lowest BCUT2D eigenvalue weighted by Gasteiger charge is -2.24. The molecule has 0 radical (unpaired) electrons. The van der Waals surface area contributed by atoms with Crippen LogP contribution in [0.15, 0.2) is 29.2 Å². The summed E-state index contributed by atoms with van der Waals surface area (Å²) in [6.45, 7) is 6.53. The third-order valence-electron chi connectivity index (χ3n) is 3.60. The fourth-order valence-electron chi connectivity index (χ4n) is 2.50. The Bertz CT molecular complexity index is 584. The van der Waals surface area contributed by atoms with Crippen molar-refractivity contribution in [3.05, 3.63) is 29.8 Å². The van der Waals surface area contributed by atoms with Gasteiger partial charge in [0.25, 0.3) is 0 Å². The van der Waals surface area contributed by atoms with Crippen LogP contribution in [0.3, 0.4) is 0 Å². The van der Waals surface area contributed by atoms with Gasteiger partial charge in [-0.25, -0.2) is 4.79 Å². The lowest BCUT2D eigenvalue weighted by Crippen LogP contribution is -2.35. The SMILES string of the molecule is CC(C)(C)OC(=O)N1CCC(CSc2ccccc2C(F)(F)F)C1. The van der Waals surface area contributed by atoms with Gasteiger partial charge in [-0.15, -0.1) is 11.8 Å². The zero-order valence-corrected chi connectivity index (χ0v) is 14.8. The van der Waals surface area contributed by atoms with E-state index in [4.69, 9.17) is 4.74 Å². The Morgan fingerprint density at radius 2 is 1.96 bits per heavy atom. The van der Waals surface area contributed by atoms with Crippen molar-refractivity contribution in [2.24, 2.45) is 5.92 Å². The minimum atomic E-state index is -4.35. The molecule has 3 nitrogen and oxygen atoms in total. The molecule has 0 N–H and O–H groups in total. The average Bonchev–Trinajstić information content (AvgIpc) is 2.91. The zero-order chi connectivity index (χ0) is 18.0. The molecule has 0 aliphatic carbocycles. The molecule has 1 aliphatic rings. The van der Waals surface area contributed by atoms with Crippen molar-refractivity contribution < 1.29 is 22.7 Å². The minimum Gasteiger partial charge on any atom is -0.444 e. The summed E-state index contributed by atoms with van der Waals surface area (Å²) in [5, 5.41) is 0. The molecule has 1 fully saturated rings. The highest BCUT2D eigenvalue weighted by molar-refractivity contribution is 7.99. The van der Waals surface area contributed by atoms with Crippen LogP contribution in [0, 0.1) is 5.92 Å². The normalized spacial score (nSPS) is 18.8. The monoisotopic (exact) mass is 361 g/mol. The lowest BCUT2D eigenvalue weighted by molar-refractivity contribution is -0.139. The van der Waals surface area contributed by atoms with Crippen LogP contribution in [0.1, 0.15) is 32.8 Å². The predicted molar refractivity (Wildman–Crippen MR) is 88.1 cm³/mol. The molecule has 1 aliphatic heterocycles. The van der Waals surface area contributed by atoms with Crippen molar-refractivity contribution in [1.29, 1.82) is 0 Å². The Morgan fingerprint density at radius 1 is 1.29 bits per heavy atom. The maximum atomic E-state index is 13.0. The van der Waals surface area contributed by atoms with E-state index in [2.05, 4.69) is 0 Å². The smallest absolute Gasteiger partial charge is 0.417 e. The van der Waals surface area contributed by atoms with Crippen molar-refractivity contribution in [2.75, 3.05) is 18.8 Å². The molecule has 24 heavy (non-hydrogen) atoms. The van der Waals surface area contributed by atoms with Crippen molar-refractivity contribution >= 4 is 17.9 Å². The molecule has 2 rings (SSSR count). The van der Waals surface area contributed by atoms with Crippen LogP contribution < -0.4 is 0 Å². The molecule has 1 unspecified atom stereocenters. The van der Waals surface area contributed by atoms with Crippen molar-refractivity contribution in [2.45, 2.75) is 43.9 Å². The van der Waals surface area contributed by atoms with Gasteiger partial charge in [-0.05, 0) is 45.2 Å². The molecule has 1 atom stereocenters. The minimum absolute atomic E-state index is 0.170. The van der Waals surface area contributed by atoms with Crippen LogP contribution in [-0.4, -0.2) is 35.4 Å². The summed E-state index contributed by atoms with van der Waals surface area (Å²) in [5.74, 6) is 0.718. The van der Waals surface area contributed by atoms with E-state index in [-0.39, 0.29) is 16.9 Å². The van der Waals surface area contributed by atoms with Crippen LogP contribution in [0.25, 0.3) is 0 Å². The Balaban J connectivity index is 1.90. The second kappa shape index (κ2) is 7.25. The number of alkyl halides is 3. The van der Waals surface area contributed by atoms with Gasteiger partial charge in [0.1, 0.15) is 5.60 Å². The van der Waals surface area contributed by atoms with E-state index >= 15 is 0 Å². The van der Waals surface area contributed by atoms with Crippen molar-refractivity contribution in [1.82, 2.24) is 4.90 Å². The van der Waals surface area contributed by atoms with Gasteiger partial charge in [0, 0.05) is 23.7 Å². The molecule has 0 bridgehead atoms. The highest BCUT2D eigenvalue weighted by atomic mass is 32.2. The number of rotatable bonds is 3. The standard InChI is InChI=1S/C17H22F3NO2S/c1-16(2,3)23-15(22)21-9-8-12(10-21)11-24-14-7-5-4-6-13(14)17(18,19)20/h4-7,12H,8-11H2,1-3H3. The predicted octanol–water partition coefficient (Wildman–Crippen LogP) is 5.05. The van der Waals surface area contributed by atoms with Gasteiger partial charge in [-0.3, -0.25) is 0 Å². The van der Waals surface area contributed by atoms with Crippen LogP contribution in [0.2, 0.25) is 0 Å². The van der Waals surface area contributed by atoms with Gasteiger partial charge in [0.15, 0.2) is 0 Å². The Kier molecular flexibility index (Phi) is 5.73. The lowest BCUT2D eigenvalue weighted by atomic mass is 10.2. The molecule has 1 amide bonds. The number of carbonyl (C=O) groups excluding carboxylic acids is 1. The molecule has 0 spiro atoms. The summed E-state index contributed by atoms with van der Waals surface area (Å²) in [6.07, 6.45) is -3.92. The summed E-state index contributed by atoms with van der Waals surface area (Å²) in [4.78, 5) is 13.9. The Hall–Kier alpha value is -1.37. The van der Waals surface area contributed by atoms with E-state index < -0.39 is 17.3 Å². The van der Waals surface area contributed by atoms with E-state index in [1.54, 1.807) is 11.0 Å². The van der Waals surface area contributed by atoms with Crippen LogP contribution >= 0.6 is 11.8 Å². The van der Waals surface area contributed by atoms with Gasteiger partial charge >= 0.3 is 12.3 Å². The first kappa shape index (κ1) is 19.0. The Labute approximate surface area is 144 Å². The quantitative estimate of drug-likeness (QED) is 0.705. The molecular weight excluding hydrogens is 339 g/mol. The number of hydrogen-bond acceptors (Lipinski definition) is 3. The maximum absolute atomic E-state index is 13.0. The van der Waals surface area contributed by atoms with E-state index in [1.807, 2.05) is 20.8 Å². The largest absolute Gasteiger partial charge is 0.444 e. The number of nitrogens with zero attached hydrogens (tertiary/aromatic N) is 1. The van der Waals surface area contributed by atoms with Crippen LogP contribution in [-0.2, 0) is 10.9 Å². The van der Waals surface area contributed by atoms with Crippen LogP contribution in [0.4, 0.5) is 18.0 Å². The van der Waals surface area contributed by atoms with E-state index in [0.717, 1.165) is 12.5 Å². The third-order valence-corrected chi connectivity index (χ3v) is 4.91. The first-order valence-electron chi connectivity index (χ1n) is 7.83. The topological polar surface area (TPSA) is 29.5 Å². The molecule has 0 aromatic heterocycles. The molecule has 1 heterocycles. The van der Waals surface area contributed by atoms with Gasteiger partial charge in [-0.1, -0.05) is 12.1 Å². The number of ether oxygens (including phenoxy) is 1. The molecular formula is C17H22F3NO2S. The maximum Gasteiger partial charge on any atom is 0.417 e. The summed E-state index contributed by atoms with van der Waals surface area (Å²) in [5.41, 5.74) is -1.15. The molecule has 1 aromatic carbocycles. The first-order valence-corrected chi connectivity index (χ1v) is 8.82.